The highest BCUT2D eigenvalue weighted by Gasteiger charge is 2.11. The Bertz CT molecular complexity index is 267. The van der Waals surface area contributed by atoms with Crippen molar-refractivity contribution in [3.8, 4) is 0 Å². The zero-order chi connectivity index (χ0) is 8.97. The Morgan fingerprint density at radius 3 is 3.08 bits per heavy atom. The van der Waals surface area contributed by atoms with Crippen molar-refractivity contribution in [2.45, 2.75) is 13.3 Å². The zero-order valence-electron chi connectivity index (χ0n) is 7.09. The molecule has 1 rings (SSSR count). The lowest BCUT2D eigenvalue weighted by atomic mass is 10.2. The van der Waals surface area contributed by atoms with Crippen LogP contribution in [0.1, 0.15) is 23.0 Å². The molecule has 0 radical (unpaired) electrons. The van der Waals surface area contributed by atoms with Crippen LogP contribution in [-0.2, 0) is 11.3 Å². The van der Waals surface area contributed by atoms with E-state index in [1.165, 1.54) is 13.4 Å². The highest BCUT2D eigenvalue weighted by molar-refractivity contribution is 5.94. The van der Waals surface area contributed by atoms with Gasteiger partial charge >= 0.3 is 0 Å². The van der Waals surface area contributed by atoms with E-state index in [0.717, 1.165) is 0 Å². The summed E-state index contributed by atoms with van der Waals surface area (Å²) < 4.78 is 5.06. The Labute approximate surface area is 70.5 Å². The fourth-order valence-electron chi connectivity index (χ4n) is 0.964. The molecule has 1 aromatic heterocycles. The van der Waals surface area contributed by atoms with Gasteiger partial charge in [0.2, 0.25) is 0 Å². The summed E-state index contributed by atoms with van der Waals surface area (Å²) >= 11 is 0. The van der Waals surface area contributed by atoms with E-state index >= 15 is 0 Å². The molecule has 0 spiro atoms. The summed E-state index contributed by atoms with van der Waals surface area (Å²) in [6.07, 6.45) is 2.18. The quantitative estimate of drug-likeness (QED) is 0.690. The van der Waals surface area contributed by atoms with Gasteiger partial charge in [-0.05, 0) is 6.07 Å². The van der Waals surface area contributed by atoms with Crippen LogP contribution in [0.15, 0.2) is 16.7 Å². The number of nitrogens with one attached hydrogen (secondary N) is 1. The minimum atomic E-state index is -0.275. The molecule has 0 saturated carbocycles. The van der Waals surface area contributed by atoms with Crippen molar-refractivity contribution in [2.24, 2.45) is 0 Å². The van der Waals surface area contributed by atoms with Crippen molar-refractivity contribution >= 4 is 5.91 Å². The topological polar surface area (TPSA) is 51.5 Å². The summed E-state index contributed by atoms with van der Waals surface area (Å²) in [6, 6.07) is 1.62. The molecule has 0 aliphatic carbocycles. The molecule has 1 amide bonds. The normalized spacial score (nSPS) is 9.83. The van der Waals surface area contributed by atoms with Gasteiger partial charge < -0.3 is 4.42 Å². The van der Waals surface area contributed by atoms with Crippen LogP contribution in [0, 0.1) is 0 Å². The van der Waals surface area contributed by atoms with E-state index in [2.05, 4.69) is 10.3 Å². The number of carbonyl (C=O) groups is 1. The second kappa shape index (κ2) is 3.92. The first-order valence-electron chi connectivity index (χ1n) is 3.69. The predicted molar refractivity (Wildman–Crippen MR) is 42.6 cm³/mol. The highest BCUT2D eigenvalue weighted by atomic mass is 16.6. The third kappa shape index (κ3) is 1.65. The summed E-state index contributed by atoms with van der Waals surface area (Å²) in [5, 5.41) is 0. The molecule has 0 unspecified atom stereocenters. The molecule has 12 heavy (non-hydrogen) atoms. The molecule has 1 N–H and O–H groups in total. The fraction of sp³-hybridized carbons (Fsp3) is 0.375. The van der Waals surface area contributed by atoms with Gasteiger partial charge in [-0.15, -0.1) is 0 Å². The molecule has 0 atom stereocenters. The number of amides is 1. The van der Waals surface area contributed by atoms with E-state index in [9.17, 15) is 4.79 Å². The lowest BCUT2D eigenvalue weighted by Gasteiger charge is -1.99. The zero-order valence-corrected chi connectivity index (χ0v) is 7.09. The van der Waals surface area contributed by atoms with Crippen molar-refractivity contribution in [2.75, 3.05) is 7.11 Å². The molecule has 0 aromatic carbocycles. The molecule has 1 heterocycles. The lowest BCUT2D eigenvalue weighted by Crippen LogP contribution is -2.22. The Hall–Kier alpha value is -1.29. The van der Waals surface area contributed by atoms with E-state index in [0.29, 0.717) is 17.7 Å². The first-order valence-corrected chi connectivity index (χ1v) is 3.69. The van der Waals surface area contributed by atoms with Crippen LogP contribution < -0.4 is 5.48 Å². The fourth-order valence-corrected chi connectivity index (χ4v) is 0.964. The number of hydroxylamine groups is 1. The summed E-state index contributed by atoms with van der Waals surface area (Å²) in [4.78, 5) is 15.7. The molecule has 0 bridgehead atoms. The Balaban J connectivity index is 2.79. The summed E-state index contributed by atoms with van der Waals surface area (Å²) in [6.45, 7) is 1.92. The standard InChI is InChI=1S/C8H11NO3/c1-3-7-6(4-5-12-7)8(10)9-11-2/h4-5H,3H2,1-2H3,(H,9,10). The predicted octanol–water partition coefficient (Wildman–Crippen LogP) is 1.13. The first kappa shape index (κ1) is 8.80. The van der Waals surface area contributed by atoms with Gasteiger partial charge in [0.25, 0.3) is 5.91 Å². The molecule has 66 valence electrons. The third-order valence-corrected chi connectivity index (χ3v) is 1.51. The van der Waals surface area contributed by atoms with Gasteiger partial charge in [-0.1, -0.05) is 6.92 Å². The Morgan fingerprint density at radius 1 is 1.75 bits per heavy atom. The summed E-state index contributed by atoms with van der Waals surface area (Å²) in [7, 11) is 1.39. The number of rotatable bonds is 3. The number of aryl methyl sites for hydroxylation is 1. The van der Waals surface area contributed by atoms with Gasteiger partial charge in [-0.2, -0.15) is 0 Å². The van der Waals surface area contributed by atoms with Crippen molar-refractivity contribution in [3.05, 3.63) is 23.7 Å². The van der Waals surface area contributed by atoms with Crippen molar-refractivity contribution < 1.29 is 14.0 Å². The van der Waals surface area contributed by atoms with E-state index < -0.39 is 0 Å². The second-order valence-electron chi connectivity index (χ2n) is 2.25. The summed E-state index contributed by atoms with van der Waals surface area (Å²) in [5.41, 5.74) is 2.75. The molecule has 4 nitrogen and oxygen atoms in total. The summed E-state index contributed by atoms with van der Waals surface area (Å²) in [5.74, 6) is 0.396. The maximum Gasteiger partial charge on any atom is 0.278 e. The van der Waals surface area contributed by atoms with Gasteiger partial charge in [-0.3, -0.25) is 9.63 Å². The van der Waals surface area contributed by atoms with Gasteiger partial charge in [0, 0.05) is 6.42 Å². The molecule has 0 aliphatic heterocycles. The van der Waals surface area contributed by atoms with Crippen LogP contribution in [0.25, 0.3) is 0 Å². The monoisotopic (exact) mass is 169 g/mol. The molecule has 0 saturated heterocycles. The van der Waals surface area contributed by atoms with Gasteiger partial charge in [0.15, 0.2) is 0 Å². The molecular weight excluding hydrogens is 158 g/mol. The van der Waals surface area contributed by atoms with Gasteiger partial charge in [0.05, 0.1) is 18.9 Å². The number of carbonyl (C=O) groups excluding carboxylic acids is 1. The smallest absolute Gasteiger partial charge is 0.278 e. The Morgan fingerprint density at radius 2 is 2.50 bits per heavy atom. The number of hydrogen-bond donors (Lipinski definition) is 1. The van der Waals surface area contributed by atoms with Crippen LogP contribution in [0.3, 0.4) is 0 Å². The minimum Gasteiger partial charge on any atom is -0.469 e. The highest BCUT2D eigenvalue weighted by Crippen LogP contribution is 2.10. The minimum absolute atomic E-state index is 0.275. The van der Waals surface area contributed by atoms with E-state index in [-0.39, 0.29) is 5.91 Å². The van der Waals surface area contributed by atoms with Gasteiger partial charge in [-0.25, -0.2) is 5.48 Å². The average molecular weight is 169 g/mol. The van der Waals surface area contributed by atoms with Crippen molar-refractivity contribution in [1.29, 1.82) is 0 Å². The van der Waals surface area contributed by atoms with E-state index in [1.807, 2.05) is 6.92 Å². The van der Waals surface area contributed by atoms with Crippen molar-refractivity contribution in [1.82, 2.24) is 5.48 Å². The average Bonchev–Trinajstić information content (AvgIpc) is 2.51. The largest absolute Gasteiger partial charge is 0.469 e. The molecule has 4 heteroatoms. The first-order chi connectivity index (χ1) is 5.79. The third-order valence-electron chi connectivity index (χ3n) is 1.51. The van der Waals surface area contributed by atoms with E-state index in [4.69, 9.17) is 4.42 Å². The molecular formula is C8H11NO3. The molecule has 0 fully saturated rings. The second-order valence-corrected chi connectivity index (χ2v) is 2.25. The van der Waals surface area contributed by atoms with E-state index in [1.54, 1.807) is 6.07 Å². The Kier molecular flexibility index (Phi) is 2.88. The van der Waals surface area contributed by atoms with Crippen LogP contribution in [0.5, 0.6) is 0 Å². The SMILES string of the molecule is CCc1occc1C(=O)NOC. The maximum atomic E-state index is 11.2. The lowest BCUT2D eigenvalue weighted by molar-refractivity contribution is 0.0535. The molecule has 1 aromatic rings. The van der Waals surface area contributed by atoms with Crippen LogP contribution in [0.4, 0.5) is 0 Å². The van der Waals surface area contributed by atoms with Crippen LogP contribution in [-0.4, -0.2) is 13.0 Å². The van der Waals surface area contributed by atoms with Crippen molar-refractivity contribution in [3.63, 3.8) is 0 Å². The van der Waals surface area contributed by atoms with Gasteiger partial charge in [0.1, 0.15) is 5.76 Å². The number of hydrogen-bond acceptors (Lipinski definition) is 3. The number of furan rings is 1. The van der Waals surface area contributed by atoms with Crippen LogP contribution in [0.2, 0.25) is 0 Å². The maximum absolute atomic E-state index is 11.2. The van der Waals surface area contributed by atoms with Crippen LogP contribution >= 0.6 is 0 Å². The molecule has 0 aliphatic rings.